The maximum Gasteiger partial charge on any atom is 0.416 e. The maximum atomic E-state index is 13.0. The van der Waals surface area contributed by atoms with Gasteiger partial charge < -0.3 is 21.1 Å². The van der Waals surface area contributed by atoms with Crippen molar-refractivity contribution in [2.45, 2.75) is 44.9 Å². The number of anilines is 3. The molecule has 8 nitrogen and oxygen atoms in total. The molecule has 0 saturated carbocycles. The predicted octanol–water partition coefficient (Wildman–Crippen LogP) is 4.47. The molecule has 0 spiro atoms. The van der Waals surface area contributed by atoms with E-state index in [2.05, 4.69) is 35.9 Å². The molecule has 0 aliphatic carbocycles. The lowest BCUT2D eigenvalue weighted by molar-refractivity contribution is -0.137. The lowest BCUT2D eigenvalue weighted by Crippen LogP contribution is -2.14. The minimum Gasteiger partial charge on any atom is -0.396 e. The second-order valence-electron chi connectivity index (χ2n) is 7.60. The summed E-state index contributed by atoms with van der Waals surface area (Å²) in [6, 6.07) is 10.7. The van der Waals surface area contributed by atoms with E-state index < -0.39 is 11.7 Å². The number of aliphatic hydroxyl groups is 1. The fourth-order valence-corrected chi connectivity index (χ4v) is 3.11. The second kappa shape index (κ2) is 12.7. The first-order chi connectivity index (χ1) is 16.4. The highest BCUT2D eigenvalue weighted by Crippen LogP contribution is 2.29. The SMILES string of the molecule is OCCCCCCNc1nc(NCc2cccc(C(F)(F)F)c2)nc(NCc2ccccn2)n1. The van der Waals surface area contributed by atoms with Gasteiger partial charge in [0, 0.05) is 25.9 Å². The van der Waals surface area contributed by atoms with Crippen molar-refractivity contribution in [2.75, 3.05) is 29.1 Å². The molecule has 0 bridgehead atoms. The average molecular weight is 476 g/mol. The number of pyridine rings is 1. The van der Waals surface area contributed by atoms with Crippen LogP contribution in [0, 0.1) is 0 Å². The molecule has 0 saturated heterocycles. The Balaban J connectivity index is 1.67. The summed E-state index contributed by atoms with van der Waals surface area (Å²) in [6.07, 6.45) is 0.850. The Hall–Kier alpha value is -3.47. The predicted molar refractivity (Wildman–Crippen MR) is 124 cm³/mol. The summed E-state index contributed by atoms with van der Waals surface area (Å²) < 4.78 is 39.0. The highest BCUT2D eigenvalue weighted by molar-refractivity contribution is 5.43. The number of alkyl halides is 3. The fourth-order valence-electron chi connectivity index (χ4n) is 3.11. The Morgan fingerprint density at radius 2 is 1.47 bits per heavy atom. The minimum atomic E-state index is -4.40. The third-order valence-corrected chi connectivity index (χ3v) is 4.86. The molecule has 3 rings (SSSR count). The number of unbranched alkanes of at least 4 members (excludes halogenated alkanes) is 3. The van der Waals surface area contributed by atoms with Crippen LogP contribution in [-0.2, 0) is 19.3 Å². The van der Waals surface area contributed by atoms with Crippen LogP contribution in [0.3, 0.4) is 0 Å². The normalized spacial score (nSPS) is 11.3. The van der Waals surface area contributed by atoms with Crippen LogP contribution < -0.4 is 16.0 Å². The van der Waals surface area contributed by atoms with Crippen molar-refractivity contribution in [3.05, 3.63) is 65.5 Å². The zero-order valence-corrected chi connectivity index (χ0v) is 18.6. The molecule has 2 aromatic heterocycles. The summed E-state index contributed by atoms with van der Waals surface area (Å²) in [7, 11) is 0. The molecule has 3 aromatic rings. The van der Waals surface area contributed by atoms with E-state index in [0.717, 1.165) is 43.5 Å². The number of nitrogens with zero attached hydrogens (tertiary/aromatic N) is 4. The van der Waals surface area contributed by atoms with E-state index in [4.69, 9.17) is 5.11 Å². The number of halogens is 3. The molecular formula is C23H28F3N7O. The quantitative estimate of drug-likeness (QED) is 0.268. The molecule has 182 valence electrons. The van der Waals surface area contributed by atoms with Crippen LogP contribution in [0.5, 0.6) is 0 Å². The molecule has 0 atom stereocenters. The molecule has 34 heavy (non-hydrogen) atoms. The number of aliphatic hydroxyl groups excluding tert-OH is 1. The van der Waals surface area contributed by atoms with Crippen molar-refractivity contribution >= 4 is 17.8 Å². The van der Waals surface area contributed by atoms with Gasteiger partial charge in [-0.1, -0.05) is 31.0 Å². The van der Waals surface area contributed by atoms with E-state index in [0.29, 0.717) is 30.5 Å². The molecule has 1 aromatic carbocycles. The van der Waals surface area contributed by atoms with Crippen LogP contribution in [0.1, 0.15) is 42.5 Å². The van der Waals surface area contributed by atoms with Crippen molar-refractivity contribution in [1.29, 1.82) is 0 Å². The van der Waals surface area contributed by atoms with Crippen LogP contribution in [-0.4, -0.2) is 38.2 Å². The number of benzene rings is 1. The summed E-state index contributed by atoms with van der Waals surface area (Å²) in [6.45, 7) is 1.35. The number of hydrogen-bond donors (Lipinski definition) is 4. The monoisotopic (exact) mass is 475 g/mol. The summed E-state index contributed by atoms with van der Waals surface area (Å²) in [5, 5.41) is 18.1. The van der Waals surface area contributed by atoms with Crippen LogP contribution in [0.15, 0.2) is 48.7 Å². The van der Waals surface area contributed by atoms with Crippen molar-refractivity contribution < 1.29 is 18.3 Å². The van der Waals surface area contributed by atoms with E-state index in [-0.39, 0.29) is 19.1 Å². The Morgan fingerprint density at radius 1 is 0.765 bits per heavy atom. The van der Waals surface area contributed by atoms with Crippen LogP contribution in [0.4, 0.5) is 31.0 Å². The topological polar surface area (TPSA) is 108 Å². The Morgan fingerprint density at radius 3 is 2.15 bits per heavy atom. The van der Waals surface area contributed by atoms with Crippen molar-refractivity contribution in [1.82, 2.24) is 19.9 Å². The van der Waals surface area contributed by atoms with E-state index in [1.165, 1.54) is 6.07 Å². The molecule has 0 aliphatic rings. The molecule has 4 N–H and O–H groups in total. The second-order valence-corrected chi connectivity index (χ2v) is 7.60. The number of nitrogens with one attached hydrogen (secondary N) is 3. The van der Waals surface area contributed by atoms with Gasteiger partial charge in [-0.2, -0.15) is 28.1 Å². The Bertz CT molecular complexity index is 1020. The molecule has 0 fully saturated rings. The highest BCUT2D eigenvalue weighted by atomic mass is 19.4. The third kappa shape index (κ3) is 8.47. The highest BCUT2D eigenvalue weighted by Gasteiger charge is 2.30. The summed E-state index contributed by atoms with van der Waals surface area (Å²) in [5.74, 6) is 0.904. The van der Waals surface area contributed by atoms with Gasteiger partial charge >= 0.3 is 6.18 Å². The summed E-state index contributed by atoms with van der Waals surface area (Å²) >= 11 is 0. The summed E-state index contributed by atoms with van der Waals surface area (Å²) in [4.78, 5) is 17.3. The van der Waals surface area contributed by atoms with Gasteiger partial charge in [0.15, 0.2) is 0 Å². The van der Waals surface area contributed by atoms with E-state index >= 15 is 0 Å². The smallest absolute Gasteiger partial charge is 0.396 e. The van der Waals surface area contributed by atoms with Crippen LogP contribution >= 0.6 is 0 Å². The van der Waals surface area contributed by atoms with E-state index in [1.54, 1.807) is 12.3 Å². The lowest BCUT2D eigenvalue weighted by Gasteiger charge is -2.12. The molecule has 0 amide bonds. The van der Waals surface area contributed by atoms with Crippen LogP contribution in [0.2, 0.25) is 0 Å². The third-order valence-electron chi connectivity index (χ3n) is 4.86. The van der Waals surface area contributed by atoms with Gasteiger partial charge in [0.05, 0.1) is 17.8 Å². The zero-order chi connectivity index (χ0) is 24.2. The van der Waals surface area contributed by atoms with Gasteiger partial charge in [0.1, 0.15) is 0 Å². The minimum absolute atomic E-state index is 0.119. The first-order valence-corrected chi connectivity index (χ1v) is 11.1. The number of hydrogen-bond acceptors (Lipinski definition) is 8. The van der Waals surface area contributed by atoms with E-state index in [9.17, 15) is 13.2 Å². The van der Waals surface area contributed by atoms with E-state index in [1.807, 2.05) is 18.2 Å². The maximum absolute atomic E-state index is 13.0. The fraction of sp³-hybridized carbons (Fsp3) is 0.391. The Labute approximate surface area is 196 Å². The van der Waals surface area contributed by atoms with Crippen molar-refractivity contribution in [2.24, 2.45) is 0 Å². The molecule has 0 aliphatic heterocycles. The van der Waals surface area contributed by atoms with Gasteiger partial charge in [-0.15, -0.1) is 0 Å². The zero-order valence-electron chi connectivity index (χ0n) is 18.6. The lowest BCUT2D eigenvalue weighted by atomic mass is 10.1. The average Bonchev–Trinajstić information content (AvgIpc) is 2.84. The van der Waals surface area contributed by atoms with Crippen LogP contribution in [0.25, 0.3) is 0 Å². The first kappa shape index (κ1) is 25.2. The Kier molecular flexibility index (Phi) is 9.39. The van der Waals surface area contributed by atoms with Gasteiger partial charge in [-0.05, 0) is 42.7 Å². The van der Waals surface area contributed by atoms with Gasteiger partial charge in [-0.3, -0.25) is 4.98 Å². The summed E-state index contributed by atoms with van der Waals surface area (Å²) in [5.41, 5.74) is 0.556. The molecule has 0 unspecified atom stereocenters. The van der Waals surface area contributed by atoms with Gasteiger partial charge in [0.25, 0.3) is 0 Å². The number of rotatable bonds is 13. The largest absolute Gasteiger partial charge is 0.416 e. The first-order valence-electron chi connectivity index (χ1n) is 11.1. The molecule has 0 radical (unpaired) electrons. The molecule has 2 heterocycles. The van der Waals surface area contributed by atoms with Crippen molar-refractivity contribution in [3.63, 3.8) is 0 Å². The number of aromatic nitrogens is 4. The molecule has 11 heteroatoms. The van der Waals surface area contributed by atoms with Gasteiger partial charge in [0.2, 0.25) is 17.8 Å². The van der Waals surface area contributed by atoms with Gasteiger partial charge in [-0.25, -0.2) is 0 Å². The molecular weight excluding hydrogens is 447 g/mol. The standard InChI is InChI=1S/C23H28F3N7O/c24-23(25,26)18-9-7-8-17(14-18)15-29-21-31-20(28-12-4-1-2-6-13-34)32-22(33-21)30-16-19-10-3-5-11-27-19/h3,5,7-11,14,34H,1-2,4,6,12-13,15-16H2,(H3,28,29,30,31,32,33). The van der Waals surface area contributed by atoms with Crippen molar-refractivity contribution in [3.8, 4) is 0 Å².